The molecule has 9 heteroatoms. The van der Waals surface area contributed by atoms with Gasteiger partial charge in [0.05, 0.1) is 13.2 Å². The average Bonchev–Trinajstić information content (AvgIpc) is 2.77. The lowest BCUT2D eigenvalue weighted by molar-refractivity contribution is -0.147. The molecule has 0 radical (unpaired) electrons. The standard InChI is InChI=1S/C23H46NO7P/c1-2-3-4-5-6-7-8-9-10-11-12-13-14-15-16-17-23(26)29-20-22(25)21-31-32(27,28)30-19-18-24/h7-8,22,25H,2-6,9-21,24H2,1H3,(H,27,28)/b8-7-/t22-/m1/s1. The normalized spacial score (nSPS) is 14.5. The highest BCUT2D eigenvalue weighted by atomic mass is 31.2. The summed E-state index contributed by atoms with van der Waals surface area (Å²) in [5.74, 6) is -0.392. The van der Waals surface area contributed by atoms with E-state index in [4.69, 9.17) is 10.5 Å². The van der Waals surface area contributed by atoms with Crippen LogP contribution in [0.4, 0.5) is 0 Å². The zero-order chi connectivity index (χ0) is 23.9. The van der Waals surface area contributed by atoms with Crippen LogP contribution >= 0.6 is 7.82 Å². The first-order valence-electron chi connectivity index (χ1n) is 12.2. The summed E-state index contributed by atoms with van der Waals surface area (Å²) in [5.41, 5.74) is 5.17. The maximum Gasteiger partial charge on any atom is 0.472 e. The molecule has 0 saturated carbocycles. The Balaban J connectivity index is 3.47. The van der Waals surface area contributed by atoms with E-state index in [1.807, 2.05) is 0 Å². The Kier molecular flexibility index (Phi) is 21.5. The molecule has 0 aliphatic heterocycles. The molecule has 0 spiro atoms. The summed E-state index contributed by atoms with van der Waals surface area (Å²) in [4.78, 5) is 21.0. The van der Waals surface area contributed by atoms with Gasteiger partial charge in [0.25, 0.3) is 0 Å². The Hall–Kier alpha value is -0.760. The highest BCUT2D eigenvalue weighted by molar-refractivity contribution is 7.47. The molecule has 2 atom stereocenters. The first-order valence-corrected chi connectivity index (χ1v) is 13.7. The van der Waals surface area contributed by atoms with Gasteiger partial charge in [-0.25, -0.2) is 4.57 Å². The van der Waals surface area contributed by atoms with Crippen molar-refractivity contribution >= 4 is 13.8 Å². The number of phosphoric ester groups is 1. The molecule has 0 aliphatic rings. The third-order valence-electron chi connectivity index (χ3n) is 4.88. The van der Waals surface area contributed by atoms with Gasteiger partial charge in [0.1, 0.15) is 12.7 Å². The molecule has 4 N–H and O–H groups in total. The monoisotopic (exact) mass is 479 g/mol. The summed E-state index contributed by atoms with van der Waals surface area (Å²) < 4.78 is 25.5. The number of allylic oxidation sites excluding steroid dienone is 2. The highest BCUT2D eigenvalue weighted by Gasteiger charge is 2.22. The third-order valence-corrected chi connectivity index (χ3v) is 5.87. The Morgan fingerprint density at radius 3 is 2.06 bits per heavy atom. The molecular weight excluding hydrogens is 433 g/mol. The van der Waals surface area contributed by atoms with E-state index in [0.717, 1.165) is 19.3 Å². The van der Waals surface area contributed by atoms with Crippen molar-refractivity contribution in [3.8, 4) is 0 Å². The SMILES string of the molecule is CCCCCC/C=C\CCCCCCCCCC(=O)OC[C@@H](O)COP(=O)(O)OCCN. The number of phosphoric acid groups is 1. The first kappa shape index (κ1) is 31.2. The van der Waals surface area contributed by atoms with Crippen LogP contribution in [-0.2, 0) is 23.1 Å². The number of carbonyl (C=O) groups excluding carboxylic acids is 1. The number of nitrogens with two attached hydrogens (primary N) is 1. The number of aliphatic hydroxyl groups excluding tert-OH is 1. The second-order valence-corrected chi connectivity index (χ2v) is 9.51. The van der Waals surface area contributed by atoms with Gasteiger partial charge in [0, 0.05) is 13.0 Å². The van der Waals surface area contributed by atoms with Crippen molar-refractivity contribution in [3.63, 3.8) is 0 Å². The van der Waals surface area contributed by atoms with Crippen molar-refractivity contribution in [2.24, 2.45) is 5.73 Å². The minimum atomic E-state index is -4.24. The van der Waals surface area contributed by atoms with Gasteiger partial charge in [0.2, 0.25) is 0 Å². The topological polar surface area (TPSA) is 128 Å². The maximum atomic E-state index is 11.7. The zero-order valence-electron chi connectivity index (χ0n) is 19.9. The number of rotatable bonds is 23. The molecule has 0 amide bonds. The highest BCUT2D eigenvalue weighted by Crippen LogP contribution is 2.42. The van der Waals surface area contributed by atoms with Gasteiger partial charge in [-0.15, -0.1) is 0 Å². The van der Waals surface area contributed by atoms with Crippen LogP contribution in [0.1, 0.15) is 96.8 Å². The van der Waals surface area contributed by atoms with Crippen LogP contribution in [0.25, 0.3) is 0 Å². The number of aliphatic hydroxyl groups is 1. The number of hydrogen-bond acceptors (Lipinski definition) is 7. The van der Waals surface area contributed by atoms with Gasteiger partial charge in [-0.3, -0.25) is 13.8 Å². The summed E-state index contributed by atoms with van der Waals surface area (Å²) >= 11 is 0. The molecule has 0 rings (SSSR count). The summed E-state index contributed by atoms with van der Waals surface area (Å²) in [6, 6.07) is 0. The average molecular weight is 480 g/mol. The Labute approximate surface area is 194 Å². The Morgan fingerprint density at radius 2 is 1.47 bits per heavy atom. The fraction of sp³-hybridized carbons (Fsp3) is 0.870. The van der Waals surface area contributed by atoms with Crippen molar-refractivity contribution in [3.05, 3.63) is 12.2 Å². The lowest BCUT2D eigenvalue weighted by atomic mass is 10.1. The van der Waals surface area contributed by atoms with Gasteiger partial charge < -0.3 is 20.5 Å². The van der Waals surface area contributed by atoms with Gasteiger partial charge in [-0.2, -0.15) is 0 Å². The number of carbonyl (C=O) groups is 1. The summed E-state index contributed by atoms with van der Waals surface area (Å²) in [6.07, 6.45) is 19.2. The molecule has 0 aromatic rings. The minimum absolute atomic E-state index is 0.0744. The van der Waals surface area contributed by atoms with Crippen LogP contribution in [0.15, 0.2) is 12.2 Å². The molecule has 0 saturated heterocycles. The fourth-order valence-electron chi connectivity index (χ4n) is 3.04. The second-order valence-electron chi connectivity index (χ2n) is 8.06. The van der Waals surface area contributed by atoms with Crippen molar-refractivity contribution in [1.82, 2.24) is 0 Å². The van der Waals surface area contributed by atoms with Crippen molar-refractivity contribution in [1.29, 1.82) is 0 Å². The van der Waals surface area contributed by atoms with Gasteiger partial charge in [-0.1, -0.05) is 70.4 Å². The smallest absolute Gasteiger partial charge is 0.463 e. The van der Waals surface area contributed by atoms with Gasteiger partial charge in [0.15, 0.2) is 0 Å². The molecule has 0 heterocycles. The Bertz CT molecular complexity index is 517. The molecular formula is C23H46NO7P. The number of hydrogen-bond donors (Lipinski definition) is 3. The molecule has 0 aliphatic carbocycles. The third kappa shape index (κ3) is 22.4. The number of ether oxygens (including phenoxy) is 1. The van der Waals surface area contributed by atoms with E-state index in [9.17, 15) is 19.4 Å². The molecule has 0 fully saturated rings. The molecule has 0 aromatic carbocycles. The van der Waals surface area contributed by atoms with E-state index >= 15 is 0 Å². The Morgan fingerprint density at radius 1 is 0.906 bits per heavy atom. The first-order chi connectivity index (χ1) is 15.4. The molecule has 0 bridgehead atoms. The van der Waals surface area contributed by atoms with Crippen molar-refractivity contribution in [2.45, 2.75) is 103 Å². The second kappa shape index (κ2) is 22.1. The van der Waals surface area contributed by atoms with Crippen molar-refractivity contribution in [2.75, 3.05) is 26.4 Å². The van der Waals surface area contributed by atoms with Crippen LogP contribution in [0.2, 0.25) is 0 Å². The van der Waals surface area contributed by atoms with Crippen molar-refractivity contribution < 1.29 is 33.1 Å². The van der Waals surface area contributed by atoms with E-state index in [2.05, 4.69) is 28.1 Å². The molecule has 0 aromatic heterocycles. The van der Waals surface area contributed by atoms with Crippen LogP contribution in [-0.4, -0.2) is 48.4 Å². The van der Waals surface area contributed by atoms with Gasteiger partial charge in [-0.05, 0) is 32.1 Å². The van der Waals surface area contributed by atoms with Crippen LogP contribution in [0.3, 0.4) is 0 Å². The lowest BCUT2D eigenvalue weighted by Gasteiger charge is -2.15. The van der Waals surface area contributed by atoms with E-state index < -0.39 is 26.5 Å². The van der Waals surface area contributed by atoms with Gasteiger partial charge >= 0.3 is 13.8 Å². The largest absolute Gasteiger partial charge is 0.472 e. The number of unbranched alkanes of at least 4 members (excludes halogenated alkanes) is 11. The van der Waals surface area contributed by atoms with Crippen LogP contribution in [0, 0.1) is 0 Å². The van der Waals surface area contributed by atoms with E-state index in [0.29, 0.717) is 6.42 Å². The molecule has 8 nitrogen and oxygen atoms in total. The molecule has 190 valence electrons. The maximum absolute atomic E-state index is 11.7. The van der Waals surface area contributed by atoms with E-state index in [-0.39, 0.29) is 19.8 Å². The summed E-state index contributed by atoms with van der Waals surface area (Å²) in [6.45, 7) is 1.42. The van der Waals surface area contributed by atoms with Crippen LogP contribution < -0.4 is 5.73 Å². The zero-order valence-corrected chi connectivity index (χ0v) is 20.8. The molecule has 32 heavy (non-hydrogen) atoms. The predicted molar refractivity (Wildman–Crippen MR) is 127 cm³/mol. The summed E-state index contributed by atoms with van der Waals surface area (Å²) in [5, 5.41) is 9.67. The fourth-order valence-corrected chi connectivity index (χ4v) is 3.81. The van der Waals surface area contributed by atoms with Crippen LogP contribution in [0.5, 0.6) is 0 Å². The quantitative estimate of drug-likeness (QED) is 0.0806. The molecule has 1 unspecified atom stereocenters. The van der Waals surface area contributed by atoms with E-state index in [1.54, 1.807) is 0 Å². The minimum Gasteiger partial charge on any atom is -0.463 e. The lowest BCUT2D eigenvalue weighted by Crippen LogP contribution is -2.23. The van der Waals surface area contributed by atoms with E-state index in [1.165, 1.54) is 64.2 Å². The predicted octanol–water partition coefficient (Wildman–Crippen LogP) is 5.02. The number of esters is 1. The summed E-state index contributed by atoms with van der Waals surface area (Å²) in [7, 11) is -4.24.